The summed E-state index contributed by atoms with van der Waals surface area (Å²) in [4.78, 5) is 14.5. The highest BCUT2D eigenvalue weighted by Crippen LogP contribution is 2.39. The molecule has 1 N–H and O–H groups in total. The molecule has 2 atom stereocenters. The summed E-state index contributed by atoms with van der Waals surface area (Å²) in [6.45, 7) is 1.27. The Hall–Kier alpha value is -2.14. The minimum Gasteiger partial charge on any atom is -0.366 e. The summed E-state index contributed by atoms with van der Waals surface area (Å²) in [5.41, 5.74) is 1.75. The van der Waals surface area contributed by atoms with Gasteiger partial charge in [0.1, 0.15) is 6.10 Å². The molecule has 5 heteroatoms. The molecule has 1 aliphatic carbocycles. The third kappa shape index (κ3) is 2.64. The normalized spacial score (nSPS) is 25.2. The van der Waals surface area contributed by atoms with Crippen LogP contribution in [-0.4, -0.2) is 40.2 Å². The molecule has 0 bridgehead atoms. The second kappa shape index (κ2) is 5.57. The Balaban J connectivity index is 1.57. The fourth-order valence-corrected chi connectivity index (χ4v) is 3.09. The van der Waals surface area contributed by atoms with Crippen molar-refractivity contribution in [2.45, 2.75) is 25.0 Å². The number of aromatic nitrogens is 2. The zero-order valence-corrected chi connectivity index (χ0v) is 12.3. The van der Waals surface area contributed by atoms with Gasteiger partial charge in [0.15, 0.2) is 0 Å². The van der Waals surface area contributed by atoms with Crippen LogP contribution in [0.5, 0.6) is 0 Å². The number of aromatic amines is 1. The topological polar surface area (TPSA) is 58.2 Å². The minimum atomic E-state index is -0.0450. The summed E-state index contributed by atoms with van der Waals surface area (Å²) in [5, 5.41) is 6.59. The number of ether oxygens (including phenoxy) is 1. The lowest BCUT2D eigenvalue weighted by molar-refractivity contribution is -0.0864. The molecule has 1 aromatic heterocycles. The molecular formula is C17H19N3O2. The fraction of sp³-hybridized carbons (Fsp3) is 0.412. The number of carbonyl (C=O) groups excluding carboxylic acids is 1. The molecule has 2 aliphatic rings. The molecule has 1 saturated carbocycles. The van der Waals surface area contributed by atoms with Crippen molar-refractivity contribution in [1.82, 2.24) is 15.1 Å². The summed E-state index contributed by atoms with van der Waals surface area (Å²) in [6, 6.07) is 10.2. The van der Waals surface area contributed by atoms with Crippen LogP contribution in [0.15, 0.2) is 42.7 Å². The average molecular weight is 297 g/mol. The first-order valence-electron chi connectivity index (χ1n) is 7.80. The van der Waals surface area contributed by atoms with Crippen molar-refractivity contribution in [3.05, 3.63) is 53.9 Å². The summed E-state index contributed by atoms with van der Waals surface area (Å²) >= 11 is 0. The van der Waals surface area contributed by atoms with Crippen molar-refractivity contribution < 1.29 is 9.53 Å². The van der Waals surface area contributed by atoms with E-state index in [1.54, 1.807) is 12.4 Å². The monoisotopic (exact) mass is 297 g/mol. The zero-order valence-electron chi connectivity index (χ0n) is 12.3. The molecule has 114 valence electrons. The van der Waals surface area contributed by atoms with E-state index in [0.717, 1.165) is 5.56 Å². The molecule has 4 rings (SSSR count). The quantitative estimate of drug-likeness (QED) is 0.946. The van der Waals surface area contributed by atoms with Gasteiger partial charge in [0, 0.05) is 12.7 Å². The smallest absolute Gasteiger partial charge is 0.257 e. The molecule has 1 aliphatic heterocycles. The van der Waals surface area contributed by atoms with Crippen molar-refractivity contribution in [3.63, 3.8) is 0 Å². The van der Waals surface area contributed by atoms with Crippen LogP contribution >= 0.6 is 0 Å². The molecular weight excluding hydrogens is 278 g/mol. The van der Waals surface area contributed by atoms with Crippen LogP contribution in [0.25, 0.3) is 0 Å². The third-order valence-corrected chi connectivity index (χ3v) is 4.48. The number of hydrogen-bond donors (Lipinski definition) is 1. The highest BCUT2D eigenvalue weighted by atomic mass is 16.5. The Morgan fingerprint density at radius 1 is 1.23 bits per heavy atom. The van der Waals surface area contributed by atoms with Gasteiger partial charge in [0.05, 0.1) is 24.4 Å². The number of benzene rings is 1. The van der Waals surface area contributed by atoms with E-state index in [-0.39, 0.29) is 18.1 Å². The maximum atomic E-state index is 12.6. The van der Waals surface area contributed by atoms with Crippen LogP contribution < -0.4 is 0 Å². The van der Waals surface area contributed by atoms with Gasteiger partial charge in [-0.3, -0.25) is 9.89 Å². The summed E-state index contributed by atoms with van der Waals surface area (Å²) in [7, 11) is 0. The zero-order chi connectivity index (χ0) is 14.9. The van der Waals surface area contributed by atoms with E-state index in [1.165, 1.54) is 12.8 Å². The molecule has 1 amide bonds. The lowest BCUT2D eigenvalue weighted by Crippen LogP contribution is -2.47. The minimum absolute atomic E-state index is 0.0311. The van der Waals surface area contributed by atoms with Gasteiger partial charge < -0.3 is 9.64 Å². The van der Waals surface area contributed by atoms with E-state index < -0.39 is 0 Å². The molecule has 22 heavy (non-hydrogen) atoms. The van der Waals surface area contributed by atoms with E-state index in [9.17, 15) is 4.79 Å². The maximum absolute atomic E-state index is 12.6. The maximum Gasteiger partial charge on any atom is 0.257 e. The number of H-pyrrole nitrogens is 1. The van der Waals surface area contributed by atoms with Crippen LogP contribution in [-0.2, 0) is 4.74 Å². The van der Waals surface area contributed by atoms with Gasteiger partial charge in [0.25, 0.3) is 5.91 Å². The predicted molar refractivity (Wildman–Crippen MR) is 81.3 cm³/mol. The number of carbonyl (C=O) groups is 1. The lowest BCUT2D eigenvalue weighted by Gasteiger charge is -2.38. The van der Waals surface area contributed by atoms with Crippen LogP contribution in [0.4, 0.5) is 0 Å². The predicted octanol–water partition coefficient (Wildman–Crippen LogP) is 2.40. The van der Waals surface area contributed by atoms with Crippen LogP contribution in [0, 0.1) is 5.92 Å². The number of nitrogens with one attached hydrogen (secondary N) is 1. The highest BCUT2D eigenvalue weighted by Gasteiger charge is 2.40. The highest BCUT2D eigenvalue weighted by molar-refractivity contribution is 5.93. The van der Waals surface area contributed by atoms with Gasteiger partial charge in [-0.05, 0) is 24.3 Å². The van der Waals surface area contributed by atoms with E-state index in [0.29, 0.717) is 24.6 Å². The van der Waals surface area contributed by atoms with Gasteiger partial charge in [0.2, 0.25) is 0 Å². The number of nitrogens with zero attached hydrogens (tertiary/aromatic N) is 2. The van der Waals surface area contributed by atoms with Gasteiger partial charge in [-0.25, -0.2) is 0 Å². The van der Waals surface area contributed by atoms with Crippen LogP contribution in [0.1, 0.15) is 34.9 Å². The Morgan fingerprint density at radius 2 is 2.05 bits per heavy atom. The molecule has 0 radical (unpaired) electrons. The fourth-order valence-electron chi connectivity index (χ4n) is 3.09. The molecule has 1 saturated heterocycles. The first kappa shape index (κ1) is 13.5. The molecule has 2 aromatic rings. The first-order valence-corrected chi connectivity index (χ1v) is 7.80. The Labute approximate surface area is 129 Å². The van der Waals surface area contributed by atoms with Gasteiger partial charge in [-0.2, -0.15) is 5.10 Å². The van der Waals surface area contributed by atoms with Crippen molar-refractivity contribution in [3.8, 4) is 0 Å². The molecule has 2 heterocycles. The summed E-state index contributed by atoms with van der Waals surface area (Å²) in [6.07, 6.45) is 5.76. The Morgan fingerprint density at radius 3 is 2.73 bits per heavy atom. The van der Waals surface area contributed by atoms with E-state index in [4.69, 9.17) is 4.74 Å². The SMILES string of the molecule is O=C(c1cn[nH]c1)N1C[C@@H](c2ccccc2)O[C@@H](C2CC2)C1. The lowest BCUT2D eigenvalue weighted by atomic mass is 10.0. The third-order valence-electron chi connectivity index (χ3n) is 4.48. The second-order valence-corrected chi connectivity index (χ2v) is 6.11. The summed E-state index contributed by atoms with van der Waals surface area (Å²) < 4.78 is 6.28. The molecule has 2 fully saturated rings. The van der Waals surface area contributed by atoms with Gasteiger partial charge in [-0.15, -0.1) is 0 Å². The molecule has 5 nitrogen and oxygen atoms in total. The first-order chi connectivity index (χ1) is 10.8. The Kier molecular flexibility index (Phi) is 3.42. The standard InChI is InChI=1S/C17H19N3O2/c21-17(14-8-18-19-9-14)20-10-15(12-4-2-1-3-5-12)22-16(11-20)13-6-7-13/h1-5,8-9,13,15-16H,6-7,10-11H2,(H,18,19)/t15-,16+/m0/s1. The van der Waals surface area contributed by atoms with Crippen molar-refractivity contribution in [2.24, 2.45) is 5.92 Å². The average Bonchev–Trinajstić information content (AvgIpc) is 3.29. The summed E-state index contributed by atoms with van der Waals surface area (Å²) in [5.74, 6) is 0.634. The van der Waals surface area contributed by atoms with Gasteiger partial charge >= 0.3 is 0 Å². The second-order valence-electron chi connectivity index (χ2n) is 6.11. The largest absolute Gasteiger partial charge is 0.366 e. The van der Waals surface area contributed by atoms with Crippen molar-refractivity contribution >= 4 is 5.91 Å². The van der Waals surface area contributed by atoms with Crippen molar-refractivity contribution in [1.29, 1.82) is 0 Å². The van der Waals surface area contributed by atoms with Crippen LogP contribution in [0.3, 0.4) is 0 Å². The number of morpholine rings is 1. The molecule has 1 aromatic carbocycles. The van der Waals surface area contributed by atoms with E-state index in [2.05, 4.69) is 22.3 Å². The van der Waals surface area contributed by atoms with Crippen molar-refractivity contribution in [2.75, 3.05) is 13.1 Å². The van der Waals surface area contributed by atoms with E-state index >= 15 is 0 Å². The van der Waals surface area contributed by atoms with Crippen LogP contribution in [0.2, 0.25) is 0 Å². The number of rotatable bonds is 3. The number of hydrogen-bond acceptors (Lipinski definition) is 3. The van der Waals surface area contributed by atoms with E-state index in [1.807, 2.05) is 23.1 Å². The molecule has 0 spiro atoms. The Bertz CT molecular complexity index is 637. The number of amides is 1. The van der Waals surface area contributed by atoms with Gasteiger partial charge in [-0.1, -0.05) is 30.3 Å². The molecule has 0 unspecified atom stereocenters.